The first-order valence-electron chi connectivity index (χ1n) is 4.73. The Morgan fingerprint density at radius 1 is 1.33 bits per heavy atom. The number of rotatable bonds is 1. The molecule has 2 saturated heterocycles. The Morgan fingerprint density at radius 2 is 2.08 bits per heavy atom. The van der Waals surface area contributed by atoms with Crippen LogP contribution in [0.1, 0.15) is 6.92 Å². The molecule has 1 unspecified atom stereocenters. The van der Waals surface area contributed by atoms with E-state index in [9.17, 15) is 0 Å². The summed E-state index contributed by atoms with van der Waals surface area (Å²) >= 11 is 0. The minimum absolute atomic E-state index is 0.621. The molecule has 0 amide bonds. The van der Waals surface area contributed by atoms with Crippen molar-refractivity contribution >= 4 is 0 Å². The Balaban J connectivity index is 1.88. The Kier molecular flexibility index (Phi) is 2.32. The molecule has 1 atom stereocenters. The molecule has 3 N–H and O–H groups in total. The van der Waals surface area contributed by atoms with E-state index >= 15 is 0 Å². The van der Waals surface area contributed by atoms with Crippen LogP contribution in [0.3, 0.4) is 0 Å². The molecule has 2 fully saturated rings. The molecule has 70 valence electrons. The second kappa shape index (κ2) is 3.30. The summed E-state index contributed by atoms with van der Waals surface area (Å²) in [5.74, 6) is 5.74. The Morgan fingerprint density at radius 3 is 2.58 bits per heavy atom. The van der Waals surface area contributed by atoms with Crippen LogP contribution in [-0.4, -0.2) is 54.7 Å². The summed E-state index contributed by atoms with van der Waals surface area (Å²) in [6.07, 6.45) is 0. The molecule has 0 aliphatic carbocycles. The van der Waals surface area contributed by atoms with Crippen LogP contribution in [0.2, 0.25) is 0 Å². The fourth-order valence-corrected chi connectivity index (χ4v) is 2.05. The van der Waals surface area contributed by atoms with Gasteiger partial charge < -0.3 is 5.32 Å². The van der Waals surface area contributed by atoms with Gasteiger partial charge in [0.05, 0.1) is 0 Å². The minimum atomic E-state index is 0.621. The average molecular weight is 170 g/mol. The monoisotopic (exact) mass is 170 g/mol. The maximum atomic E-state index is 5.74. The van der Waals surface area contributed by atoms with Gasteiger partial charge in [-0.05, 0) is 6.92 Å². The summed E-state index contributed by atoms with van der Waals surface area (Å²) in [4.78, 5) is 2.57. The van der Waals surface area contributed by atoms with Gasteiger partial charge in [0.2, 0.25) is 0 Å². The zero-order chi connectivity index (χ0) is 8.55. The first-order valence-corrected chi connectivity index (χ1v) is 4.73. The molecule has 0 aromatic carbocycles. The number of nitrogens with zero attached hydrogens (tertiary/aromatic N) is 2. The lowest BCUT2D eigenvalue weighted by Gasteiger charge is -2.46. The van der Waals surface area contributed by atoms with Crippen molar-refractivity contribution in [1.29, 1.82) is 0 Å². The van der Waals surface area contributed by atoms with E-state index in [1.54, 1.807) is 0 Å². The third kappa shape index (κ3) is 1.47. The standard InChI is InChI=1S/C8H18N4/c1-7-6-11(9)2-3-12(7)8-4-10-5-8/h7-8,10H,2-6,9H2,1H3. The van der Waals surface area contributed by atoms with E-state index in [1.165, 1.54) is 0 Å². The molecule has 4 nitrogen and oxygen atoms in total. The van der Waals surface area contributed by atoms with Gasteiger partial charge in [0.1, 0.15) is 0 Å². The topological polar surface area (TPSA) is 44.5 Å². The van der Waals surface area contributed by atoms with Crippen LogP contribution >= 0.6 is 0 Å². The number of hydrazine groups is 1. The van der Waals surface area contributed by atoms with Crippen molar-refractivity contribution in [3.05, 3.63) is 0 Å². The van der Waals surface area contributed by atoms with Crippen LogP contribution in [0.5, 0.6) is 0 Å². The summed E-state index contributed by atoms with van der Waals surface area (Å²) in [5, 5.41) is 5.23. The van der Waals surface area contributed by atoms with E-state index in [4.69, 9.17) is 5.84 Å². The fraction of sp³-hybridized carbons (Fsp3) is 1.00. The smallest absolute Gasteiger partial charge is 0.0349 e. The number of hydrogen-bond acceptors (Lipinski definition) is 4. The Bertz CT molecular complexity index is 157. The van der Waals surface area contributed by atoms with Crippen LogP contribution in [-0.2, 0) is 0 Å². The van der Waals surface area contributed by atoms with E-state index in [0.717, 1.165) is 38.8 Å². The Hall–Kier alpha value is -0.160. The lowest BCUT2D eigenvalue weighted by Crippen LogP contribution is -2.65. The van der Waals surface area contributed by atoms with E-state index in [1.807, 2.05) is 5.01 Å². The summed E-state index contributed by atoms with van der Waals surface area (Å²) in [5.41, 5.74) is 0. The molecule has 0 radical (unpaired) electrons. The molecular weight excluding hydrogens is 152 g/mol. The molecule has 0 saturated carbocycles. The van der Waals surface area contributed by atoms with Gasteiger partial charge >= 0.3 is 0 Å². The van der Waals surface area contributed by atoms with E-state index in [2.05, 4.69) is 17.1 Å². The summed E-state index contributed by atoms with van der Waals surface area (Å²) in [7, 11) is 0. The summed E-state index contributed by atoms with van der Waals surface area (Å²) < 4.78 is 0. The predicted molar refractivity (Wildman–Crippen MR) is 48.6 cm³/mol. The summed E-state index contributed by atoms with van der Waals surface area (Å²) in [6.45, 7) is 7.74. The molecule has 0 aromatic heterocycles. The third-order valence-corrected chi connectivity index (χ3v) is 2.94. The number of piperazine rings is 1. The highest BCUT2D eigenvalue weighted by atomic mass is 15.5. The lowest BCUT2D eigenvalue weighted by molar-refractivity contribution is 0.0298. The second-order valence-corrected chi connectivity index (χ2v) is 3.89. The van der Waals surface area contributed by atoms with Crippen molar-refractivity contribution in [1.82, 2.24) is 15.2 Å². The highest BCUT2D eigenvalue weighted by Crippen LogP contribution is 2.13. The highest BCUT2D eigenvalue weighted by molar-refractivity contribution is 4.90. The SMILES string of the molecule is CC1CN(N)CCN1C1CNC1. The highest BCUT2D eigenvalue weighted by Gasteiger charge is 2.31. The third-order valence-electron chi connectivity index (χ3n) is 2.94. The van der Waals surface area contributed by atoms with Crippen molar-refractivity contribution in [3.8, 4) is 0 Å². The largest absolute Gasteiger partial charge is 0.314 e. The van der Waals surface area contributed by atoms with Gasteiger partial charge in [-0.15, -0.1) is 0 Å². The molecule has 0 aromatic rings. The van der Waals surface area contributed by atoms with E-state index in [-0.39, 0.29) is 0 Å². The normalized spacial score (nSPS) is 35.0. The van der Waals surface area contributed by atoms with Crippen molar-refractivity contribution in [3.63, 3.8) is 0 Å². The zero-order valence-electron chi connectivity index (χ0n) is 7.66. The predicted octanol–water partition coefficient (Wildman–Crippen LogP) is -1.16. The van der Waals surface area contributed by atoms with E-state index in [0.29, 0.717) is 6.04 Å². The maximum absolute atomic E-state index is 5.74. The van der Waals surface area contributed by atoms with Crippen molar-refractivity contribution in [2.24, 2.45) is 5.84 Å². The van der Waals surface area contributed by atoms with Crippen LogP contribution in [0.4, 0.5) is 0 Å². The second-order valence-electron chi connectivity index (χ2n) is 3.89. The molecule has 2 aliphatic rings. The van der Waals surface area contributed by atoms with Gasteiger partial charge in [-0.25, -0.2) is 5.01 Å². The molecule has 2 heterocycles. The quantitative estimate of drug-likeness (QED) is 0.487. The number of hydrogen-bond donors (Lipinski definition) is 2. The fourth-order valence-electron chi connectivity index (χ4n) is 2.05. The number of nitrogens with one attached hydrogen (secondary N) is 1. The van der Waals surface area contributed by atoms with Crippen LogP contribution in [0, 0.1) is 0 Å². The molecule has 2 rings (SSSR count). The van der Waals surface area contributed by atoms with Gasteiger partial charge in [0.25, 0.3) is 0 Å². The van der Waals surface area contributed by atoms with Crippen molar-refractivity contribution < 1.29 is 0 Å². The molecular formula is C8H18N4. The van der Waals surface area contributed by atoms with Gasteiger partial charge in [0, 0.05) is 44.8 Å². The molecule has 0 spiro atoms. The maximum Gasteiger partial charge on any atom is 0.0349 e. The van der Waals surface area contributed by atoms with Crippen LogP contribution < -0.4 is 11.2 Å². The van der Waals surface area contributed by atoms with Crippen molar-refractivity contribution in [2.75, 3.05) is 32.7 Å². The molecule has 2 aliphatic heterocycles. The summed E-state index contributed by atoms with van der Waals surface area (Å²) in [6, 6.07) is 1.39. The Labute approximate surface area is 73.7 Å². The minimum Gasteiger partial charge on any atom is -0.314 e. The van der Waals surface area contributed by atoms with Gasteiger partial charge in [0.15, 0.2) is 0 Å². The van der Waals surface area contributed by atoms with Crippen LogP contribution in [0.15, 0.2) is 0 Å². The first kappa shape index (κ1) is 8.44. The molecule has 0 bridgehead atoms. The van der Waals surface area contributed by atoms with E-state index < -0.39 is 0 Å². The van der Waals surface area contributed by atoms with Crippen molar-refractivity contribution in [2.45, 2.75) is 19.0 Å². The van der Waals surface area contributed by atoms with Crippen LogP contribution in [0.25, 0.3) is 0 Å². The molecule has 12 heavy (non-hydrogen) atoms. The first-order chi connectivity index (χ1) is 5.77. The van der Waals surface area contributed by atoms with Gasteiger partial charge in [-0.3, -0.25) is 10.7 Å². The lowest BCUT2D eigenvalue weighted by atomic mass is 10.1. The molecule has 4 heteroatoms. The number of nitrogens with two attached hydrogens (primary N) is 1. The zero-order valence-corrected chi connectivity index (χ0v) is 7.66. The van der Waals surface area contributed by atoms with Gasteiger partial charge in [-0.1, -0.05) is 0 Å². The average Bonchev–Trinajstić information content (AvgIpc) is 1.91. The van der Waals surface area contributed by atoms with Gasteiger partial charge in [-0.2, -0.15) is 0 Å².